The molecule has 0 saturated carbocycles. The lowest BCUT2D eigenvalue weighted by atomic mass is 9.91. The SMILES string of the molecule is COc1cc(CCC(=O)N2CCC(C(C)N)CC2)cc(OC)c1OC.Cl. The zero-order valence-electron chi connectivity index (χ0n) is 16.1. The summed E-state index contributed by atoms with van der Waals surface area (Å²) in [4.78, 5) is 14.4. The molecule has 0 aromatic heterocycles. The molecule has 0 spiro atoms. The molecule has 1 aromatic carbocycles. The molecule has 6 nitrogen and oxygen atoms in total. The smallest absolute Gasteiger partial charge is 0.222 e. The average Bonchev–Trinajstić information content (AvgIpc) is 2.64. The van der Waals surface area contributed by atoms with Gasteiger partial charge >= 0.3 is 0 Å². The molecule has 1 aromatic rings. The van der Waals surface area contributed by atoms with Crippen molar-refractivity contribution in [2.24, 2.45) is 11.7 Å². The number of carbonyl (C=O) groups excluding carboxylic acids is 1. The van der Waals surface area contributed by atoms with E-state index >= 15 is 0 Å². The van der Waals surface area contributed by atoms with E-state index in [2.05, 4.69) is 0 Å². The predicted octanol–water partition coefficient (Wildman–Crippen LogP) is 2.65. The van der Waals surface area contributed by atoms with Gasteiger partial charge in [0, 0.05) is 25.6 Å². The van der Waals surface area contributed by atoms with Gasteiger partial charge in [-0.15, -0.1) is 12.4 Å². The van der Waals surface area contributed by atoms with Crippen LogP contribution < -0.4 is 19.9 Å². The number of amides is 1. The van der Waals surface area contributed by atoms with Gasteiger partial charge in [-0.3, -0.25) is 4.79 Å². The Morgan fingerprint density at radius 2 is 1.69 bits per heavy atom. The number of hydrogen-bond acceptors (Lipinski definition) is 5. The van der Waals surface area contributed by atoms with Crippen molar-refractivity contribution >= 4 is 18.3 Å². The van der Waals surface area contributed by atoms with Gasteiger partial charge in [0.1, 0.15) is 0 Å². The molecule has 7 heteroatoms. The summed E-state index contributed by atoms with van der Waals surface area (Å²) >= 11 is 0. The summed E-state index contributed by atoms with van der Waals surface area (Å²) in [7, 11) is 4.76. The quantitative estimate of drug-likeness (QED) is 0.779. The largest absolute Gasteiger partial charge is 0.493 e. The van der Waals surface area contributed by atoms with E-state index in [1.807, 2.05) is 24.0 Å². The van der Waals surface area contributed by atoms with Crippen LogP contribution in [0.25, 0.3) is 0 Å². The fraction of sp³-hybridized carbons (Fsp3) is 0.632. The second-order valence-electron chi connectivity index (χ2n) is 6.61. The topological polar surface area (TPSA) is 74.0 Å². The van der Waals surface area contributed by atoms with Crippen molar-refractivity contribution in [2.45, 2.75) is 38.6 Å². The van der Waals surface area contributed by atoms with Crippen molar-refractivity contribution < 1.29 is 19.0 Å². The molecule has 2 N–H and O–H groups in total. The molecule has 1 heterocycles. The van der Waals surface area contributed by atoms with Crippen molar-refractivity contribution in [3.8, 4) is 17.2 Å². The Morgan fingerprint density at radius 1 is 1.15 bits per heavy atom. The number of ether oxygens (including phenoxy) is 3. The van der Waals surface area contributed by atoms with Crippen LogP contribution in [0.3, 0.4) is 0 Å². The van der Waals surface area contributed by atoms with Gasteiger partial charge in [0.15, 0.2) is 11.5 Å². The summed E-state index contributed by atoms with van der Waals surface area (Å²) in [6, 6.07) is 4.00. The van der Waals surface area contributed by atoms with E-state index in [0.29, 0.717) is 36.0 Å². The Morgan fingerprint density at radius 3 is 2.12 bits per heavy atom. The molecule has 26 heavy (non-hydrogen) atoms. The minimum Gasteiger partial charge on any atom is -0.493 e. The molecule has 1 fully saturated rings. The van der Waals surface area contributed by atoms with Crippen LogP contribution in [0.15, 0.2) is 12.1 Å². The van der Waals surface area contributed by atoms with E-state index in [0.717, 1.165) is 31.5 Å². The van der Waals surface area contributed by atoms with E-state index in [1.54, 1.807) is 21.3 Å². The molecule has 1 aliphatic rings. The minimum absolute atomic E-state index is 0. The Labute approximate surface area is 162 Å². The van der Waals surface area contributed by atoms with Gasteiger partial charge in [-0.2, -0.15) is 0 Å². The molecule has 1 aliphatic heterocycles. The van der Waals surface area contributed by atoms with Crippen molar-refractivity contribution in [3.05, 3.63) is 17.7 Å². The summed E-state index contributed by atoms with van der Waals surface area (Å²) in [5.41, 5.74) is 6.96. The van der Waals surface area contributed by atoms with E-state index in [1.165, 1.54) is 0 Å². The summed E-state index contributed by atoms with van der Waals surface area (Å²) in [5, 5.41) is 0. The van der Waals surface area contributed by atoms with E-state index in [-0.39, 0.29) is 24.4 Å². The van der Waals surface area contributed by atoms with Crippen LogP contribution in [0.4, 0.5) is 0 Å². The van der Waals surface area contributed by atoms with Crippen LogP contribution in [0, 0.1) is 5.92 Å². The second kappa shape index (κ2) is 10.5. The first-order valence-corrected chi connectivity index (χ1v) is 8.82. The summed E-state index contributed by atoms with van der Waals surface area (Å²) in [6.45, 7) is 3.66. The van der Waals surface area contributed by atoms with Crippen LogP contribution in [0.2, 0.25) is 0 Å². The molecule has 1 unspecified atom stereocenters. The predicted molar refractivity (Wildman–Crippen MR) is 105 cm³/mol. The zero-order valence-corrected chi connectivity index (χ0v) is 16.9. The van der Waals surface area contributed by atoms with Gasteiger partial charge in [-0.05, 0) is 49.8 Å². The van der Waals surface area contributed by atoms with Crippen molar-refractivity contribution in [3.63, 3.8) is 0 Å². The first-order valence-electron chi connectivity index (χ1n) is 8.82. The van der Waals surface area contributed by atoms with Crippen molar-refractivity contribution in [2.75, 3.05) is 34.4 Å². The molecule has 1 amide bonds. The third kappa shape index (κ3) is 5.42. The molecule has 1 saturated heterocycles. The molecule has 0 bridgehead atoms. The van der Waals surface area contributed by atoms with Gasteiger partial charge in [-0.25, -0.2) is 0 Å². The lowest BCUT2D eigenvalue weighted by molar-refractivity contribution is -0.132. The van der Waals surface area contributed by atoms with Gasteiger partial charge in [0.2, 0.25) is 11.7 Å². The minimum atomic E-state index is 0. The summed E-state index contributed by atoms with van der Waals surface area (Å²) in [6.07, 6.45) is 3.10. The number of halogens is 1. The number of hydrogen-bond donors (Lipinski definition) is 1. The summed E-state index contributed by atoms with van der Waals surface area (Å²) < 4.78 is 16.1. The monoisotopic (exact) mass is 386 g/mol. The highest BCUT2D eigenvalue weighted by Gasteiger charge is 2.24. The van der Waals surface area contributed by atoms with E-state index in [4.69, 9.17) is 19.9 Å². The lowest BCUT2D eigenvalue weighted by Gasteiger charge is -2.33. The Kier molecular flexibility index (Phi) is 9.02. The maximum Gasteiger partial charge on any atom is 0.222 e. The number of likely N-dealkylation sites (tertiary alicyclic amines) is 1. The normalized spacial score (nSPS) is 15.8. The fourth-order valence-electron chi connectivity index (χ4n) is 3.36. The number of aryl methyl sites for hydroxylation is 1. The molecule has 148 valence electrons. The van der Waals surface area contributed by atoms with Gasteiger partial charge in [-0.1, -0.05) is 0 Å². The Balaban J connectivity index is 0.00000338. The first kappa shape index (κ1) is 22.4. The van der Waals surface area contributed by atoms with Crippen LogP contribution in [0.1, 0.15) is 31.7 Å². The van der Waals surface area contributed by atoms with Crippen LogP contribution >= 0.6 is 12.4 Å². The Hall–Kier alpha value is -1.66. The number of rotatable bonds is 7. The van der Waals surface area contributed by atoms with Crippen LogP contribution in [0.5, 0.6) is 17.2 Å². The second-order valence-corrected chi connectivity index (χ2v) is 6.61. The molecule has 0 aliphatic carbocycles. The first-order chi connectivity index (χ1) is 12.0. The van der Waals surface area contributed by atoms with Gasteiger partial charge in [0.05, 0.1) is 21.3 Å². The average molecular weight is 387 g/mol. The highest BCUT2D eigenvalue weighted by Crippen LogP contribution is 2.38. The summed E-state index contributed by atoms with van der Waals surface area (Å²) in [5.74, 6) is 2.51. The fourth-order valence-corrected chi connectivity index (χ4v) is 3.36. The van der Waals surface area contributed by atoms with Crippen molar-refractivity contribution in [1.29, 1.82) is 0 Å². The Bertz CT molecular complexity index is 562. The third-order valence-electron chi connectivity index (χ3n) is 4.99. The van der Waals surface area contributed by atoms with Gasteiger partial charge in [0.25, 0.3) is 0 Å². The maximum atomic E-state index is 12.5. The molecule has 2 rings (SSSR count). The number of piperidine rings is 1. The lowest BCUT2D eigenvalue weighted by Crippen LogP contribution is -2.42. The van der Waals surface area contributed by atoms with Gasteiger partial charge < -0.3 is 24.8 Å². The van der Waals surface area contributed by atoms with E-state index < -0.39 is 0 Å². The van der Waals surface area contributed by atoms with Crippen LogP contribution in [-0.2, 0) is 11.2 Å². The zero-order chi connectivity index (χ0) is 18.4. The van der Waals surface area contributed by atoms with Crippen molar-refractivity contribution in [1.82, 2.24) is 4.90 Å². The number of benzene rings is 1. The number of nitrogens with zero attached hydrogens (tertiary/aromatic N) is 1. The molecule has 1 atom stereocenters. The standard InChI is InChI=1S/C19H30N2O4.ClH/c1-13(20)15-7-9-21(10-8-15)18(22)6-5-14-11-16(23-2)19(25-4)17(12-14)24-3;/h11-13,15H,5-10,20H2,1-4H3;1H. The van der Waals surface area contributed by atoms with E-state index in [9.17, 15) is 4.79 Å². The number of carbonyl (C=O) groups is 1. The molecule has 0 radical (unpaired) electrons. The van der Waals surface area contributed by atoms with Crippen LogP contribution in [-0.4, -0.2) is 51.3 Å². The number of nitrogens with two attached hydrogens (primary N) is 1. The highest BCUT2D eigenvalue weighted by atomic mass is 35.5. The third-order valence-corrected chi connectivity index (χ3v) is 4.99. The number of methoxy groups -OCH3 is 3. The molecular formula is C19H31ClN2O4. The molecular weight excluding hydrogens is 356 g/mol. The highest BCUT2D eigenvalue weighted by molar-refractivity contribution is 5.85. The maximum absolute atomic E-state index is 12.5.